The van der Waals surface area contributed by atoms with Gasteiger partial charge in [0.15, 0.2) is 0 Å². The zero-order valence-corrected chi connectivity index (χ0v) is 13.5. The summed E-state index contributed by atoms with van der Waals surface area (Å²) in [6, 6.07) is 0.887. The Bertz CT molecular complexity index is 531. The highest BCUT2D eigenvalue weighted by Gasteiger charge is 2.46. The van der Waals surface area contributed by atoms with Gasteiger partial charge in [-0.25, -0.2) is 0 Å². The fourth-order valence-electron chi connectivity index (χ4n) is 3.39. The molecule has 2 fully saturated rings. The SMILES string of the molecule is Cc1cnc(CNC(=O)[C@@H]2C[C@@H]3[C@@H](CCN3C(C)C)O2)cn1. The maximum Gasteiger partial charge on any atom is 0.249 e. The molecule has 0 radical (unpaired) electrons. The molecule has 0 saturated carbocycles. The Morgan fingerprint density at radius 1 is 1.45 bits per heavy atom. The molecule has 0 aliphatic carbocycles. The van der Waals surface area contributed by atoms with Gasteiger partial charge in [-0.3, -0.25) is 19.7 Å². The van der Waals surface area contributed by atoms with E-state index < -0.39 is 0 Å². The van der Waals surface area contributed by atoms with E-state index >= 15 is 0 Å². The first kappa shape index (κ1) is 15.4. The zero-order valence-electron chi connectivity index (χ0n) is 13.5. The molecule has 1 N–H and O–H groups in total. The van der Waals surface area contributed by atoms with Gasteiger partial charge in [0.25, 0.3) is 0 Å². The quantitative estimate of drug-likeness (QED) is 0.900. The van der Waals surface area contributed by atoms with Crippen molar-refractivity contribution in [1.29, 1.82) is 0 Å². The third-order valence-electron chi connectivity index (χ3n) is 4.56. The van der Waals surface area contributed by atoms with E-state index in [1.807, 2.05) is 6.92 Å². The number of amides is 1. The molecular formula is C16H24N4O2. The summed E-state index contributed by atoms with van der Waals surface area (Å²) in [5.41, 5.74) is 1.64. The molecule has 120 valence electrons. The highest BCUT2D eigenvalue weighted by molar-refractivity contribution is 5.81. The van der Waals surface area contributed by atoms with Crippen LogP contribution in [0.2, 0.25) is 0 Å². The third kappa shape index (κ3) is 3.13. The highest BCUT2D eigenvalue weighted by Crippen LogP contribution is 2.34. The zero-order chi connectivity index (χ0) is 15.7. The third-order valence-corrected chi connectivity index (χ3v) is 4.56. The van der Waals surface area contributed by atoms with E-state index in [-0.39, 0.29) is 18.1 Å². The molecule has 22 heavy (non-hydrogen) atoms. The largest absolute Gasteiger partial charge is 0.363 e. The lowest BCUT2D eigenvalue weighted by Crippen LogP contribution is -2.39. The lowest BCUT2D eigenvalue weighted by molar-refractivity contribution is -0.132. The minimum atomic E-state index is -0.338. The van der Waals surface area contributed by atoms with Gasteiger partial charge < -0.3 is 10.1 Å². The minimum Gasteiger partial charge on any atom is -0.363 e. The summed E-state index contributed by atoms with van der Waals surface area (Å²) < 4.78 is 5.95. The van der Waals surface area contributed by atoms with Crippen molar-refractivity contribution in [2.75, 3.05) is 6.54 Å². The minimum absolute atomic E-state index is 0.0412. The van der Waals surface area contributed by atoms with Gasteiger partial charge in [-0.2, -0.15) is 0 Å². The molecule has 1 amide bonds. The van der Waals surface area contributed by atoms with Gasteiger partial charge in [-0.05, 0) is 27.2 Å². The summed E-state index contributed by atoms with van der Waals surface area (Å²) in [4.78, 5) is 23.2. The van der Waals surface area contributed by atoms with E-state index in [0.717, 1.165) is 30.8 Å². The summed E-state index contributed by atoms with van der Waals surface area (Å²) >= 11 is 0. The second-order valence-electron chi connectivity index (χ2n) is 6.45. The first-order valence-electron chi connectivity index (χ1n) is 8.01. The molecule has 1 aromatic heterocycles. The molecule has 2 aliphatic rings. The number of ether oxygens (including phenoxy) is 1. The van der Waals surface area contributed by atoms with Gasteiger partial charge in [0.1, 0.15) is 6.10 Å². The summed E-state index contributed by atoms with van der Waals surface area (Å²) in [6.07, 6.45) is 5.08. The number of nitrogens with zero attached hydrogens (tertiary/aromatic N) is 3. The predicted molar refractivity (Wildman–Crippen MR) is 82.1 cm³/mol. The van der Waals surface area contributed by atoms with Crippen molar-refractivity contribution in [3.63, 3.8) is 0 Å². The first-order valence-corrected chi connectivity index (χ1v) is 8.01. The molecule has 0 unspecified atom stereocenters. The molecule has 0 spiro atoms. The summed E-state index contributed by atoms with van der Waals surface area (Å²) in [5.74, 6) is -0.0412. The van der Waals surface area contributed by atoms with Crippen LogP contribution in [-0.2, 0) is 16.1 Å². The molecular weight excluding hydrogens is 280 g/mol. The van der Waals surface area contributed by atoms with Crippen LogP contribution in [0.4, 0.5) is 0 Å². The van der Waals surface area contributed by atoms with E-state index in [9.17, 15) is 4.79 Å². The smallest absolute Gasteiger partial charge is 0.249 e. The normalized spacial score (nSPS) is 28.1. The number of fused-ring (bicyclic) bond motifs is 1. The number of hydrogen-bond donors (Lipinski definition) is 1. The van der Waals surface area contributed by atoms with Gasteiger partial charge in [-0.1, -0.05) is 0 Å². The van der Waals surface area contributed by atoms with Crippen LogP contribution < -0.4 is 5.32 Å². The van der Waals surface area contributed by atoms with Crippen LogP contribution in [0.15, 0.2) is 12.4 Å². The number of nitrogens with one attached hydrogen (secondary N) is 1. The van der Waals surface area contributed by atoms with Crippen LogP contribution in [0.3, 0.4) is 0 Å². The Hall–Kier alpha value is -1.53. The van der Waals surface area contributed by atoms with Gasteiger partial charge >= 0.3 is 0 Å². The van der Waals surface area contributed by atoms with Crippen molar-refractivity contribution in [2.24, 2.45) is 0 Å². The van der Waals surface area contributed by atoms with Crippen molar-refractivity contribution in [1.82, 2.24) is 20.2 Å². The first-order chi connectivity index (χ1) is 10.5. The fraction of sp³-hybridized carbons (Fsp3) is 0.688. The maximum absolute atomic E-state index is 12.3. The predicted octanol–water partition coefficient (Wildman–Crippen LogP) is 1.04. The van der Waals surface area contributed by atoms with Gasteiger partial charge in [0, 0.05) is 31.2 Å². The molecule has 3 atom stereocenters. The lowest BCUT2D eigenvalue weighted by atomic mass is 10.1. The number of carbonyl (C=O) groups is 1. The highest BCUT2D eigenvalue weighted by atomic mass is 16.5. The van der Waals surface area contributed by atoms with Crippen molar-refractivity contribution < 1.29 is 9.53 Å². The van der Waals surface area contributed by atoms with Crippen molar-refractivity contribution in [3.8, 4) is 0 Å². The van der Waals surface area contributed by atoms with E-state index in [1.165, 1.54) is 0 Å². The van der Waals surface area contributed by atoms with Gasteiger partial charge in [0.05, 0.1) is 30.2 Å². The van der Waals surface area contributed by atoms with Crippen molar-refractivity contribution >= 4 is 5.91 Å². The summed E-state index contributed by atoms with van der Waals surface area (Å²) in [7, 11) is 0. The van der Waals surface area contributed by atoms with Crippen LogP contribution >= 0.6 is 0 Å². The van der Waals surface area contributed by atoms with Crippen molar-refractivity contribution in [2.45, 2.75) is 64.4 Å². The molecule has 0 bridgehead atoms. The van der Waals surface area contributed by atoms with E-state index in [4.69, 9.17) is 4.74 Å². The average Bonchev–Trinajstić information content (AvgIpc) is 3.06. The second kappa shape index (κ2) is 6.30. The number of aromatic nitrogens is 2. The Balaban J connectivity index is 1.53. The standard InChI is InChI=1S/C16H24N4O2/c1-10(2)20-5-4-14-13(20)6-15(22-14)16(21)19-9-12-8-17-11(3)7-18-12/h7-8,10,13-15H,4-6,9H2,1-3H3,(H,19,21)/t13-,14-,15+/m1/s1. The average molecular weight is 304 g/mol. The number of carbonyl (C=O) groups excluding carboxylic acids is 1. The van der Waals surface area contributed by atoms with Crippen LogP contribution in [0.1, 0.15) is 38.1 Å². The molecule has 2 aliphatic heterocycles. The molecule has 0 aromatic carbocycles. The maximum atomic E-state index is 12.3. The number of aryl methyl sites for hydroxylation is 1. The Labute approximate surface area is 131 Å². The van der Waals surface area contributed by atoms with Crippen LogP contribution in [0.5, 0.6) is 0 Å². The molecule has 3 rings (SSSR count). The van der Waals surface area contributed by atoms with E-state index in [1.54, 1.807) is 12.4 Å². The van der Waals surface area contributed by atoms with Crippen LogP contribution in [0.25, 0.3) is 0 Å². The summed E-state index contributed by atoms with van der Waals surface area (Å²) in [6.45, 7) is 7.76. The van der Waals surface area contributed by atoms with Crippen LogP contribution in [-0.4, -0.2) is 51.6 Å². The molecule has 6 nitrogen and oxygen atoms in total. The van der Waals surface area contributed by atoms with Gasteiger partial charge in [0.2, 0.25) is 5.91 Å². The molecule has 1 aromatic rings. The Morgan fingerprint density at radius 3 is 2.95 bits per heavy atom. The topological polar surface area (TPSA) is 67.4 Å². The van der Waals surface area contributed by atoms with E-state index in [0.29, 0.717) is 18.6 Å². The lowest BCUT2D eigenvalue weighted by Gasteiger charge is -2.26. The van der Waals surface area contributed by atoms with E-state index in [2.05, 4.69) is 34.0 Å². The number of likely N-dealkylation sites (tertiary alicyclic amines) is 1. The molecule has 6 heteroatoms. The number of hydrogen-bond acceptors (Lipinski definition) is 5. The Morgan fingerprint density at radius 2 is 2.27 bits per heavy atom. The van der Waals surface area contributed by atoms with Crippen LogP contribution in [0, 0.1) is 6.92 Å². The number of rotatable bonds is 4. The summed E-state index contributed by atoms with van der Waals surface area (Å²) in [5, 5.41) is 2.91. The Kier molecular flexibility index (Phi) is 4.40. The van der Waals surface area contributed by atoms with Crippen molar-refractivity contribution in [3.05, 3.63) is 23.8 Å². The second-order valence-corrected chi connectivity index (χ2v) is 6.45. The fourth-order valence-corrected chi connectivity index (χ4v) is 3.39. The molecule has 3 heterocycles. The molecule has 2 saturated heterocycles. The van der Waals surface area contributed by atoms with Gasteiger partial charge in [-0.15, -0.1) is 0 Å². The monoisotopic (exact) mass is 304 g/mol.